The minimum Gasteiger partial charge on any atom is -0.326 e. The quantitative estimate of drug-likeness (QED) is 0.776. The molecule has 0 unspecified atom stereocenters. The zero-order valence-electron chi connectivity index (χ0n) is 16.5. The molecule has 6 nitrogen and oxygen atoms in total. The number of hydrogen-bond acceptors (Lipinski definition) is 4. The highest BCUT2D eigenvalue weighted by molar-refractivity contribution is 7.92. The molecule has 1 N–H and O–H groups in total. The van der Waals surface area contributed by atoms with E-state index >= 15 is 0 Å². The molecule has 154 valence electrons. The number of amides is 2. The van der Waals surface area contributed by atoms with Crippen molar-refractivity contribution >= 4 is 44.6 Å². The second-order valence-electron chi connectivity index (χ2n) is 7.28. The van der Waals surface area contributed by atoms with Gasteiger partial charge in [-0.15, -0.1) is 0 Å². The first kappa shape index (κ1) is 21.3. The fourth-order valence-electron chi connectivity index (χ4n) is 3.42. The zero-order chi connectivity index (χ0) is 21.3. The van der Waals surface area contributed by atoms with Gasteiger partial charge in [0.2, 0.25) is 11.8 Å². The Morgan fingerprint density at radius 1 is 1.21 bits per heavy atom. The van der Waals surface area contributed by atoms with Crippen molar-refractivity contribution in [2.75, 3.05) is 16.8 Å². The smallest absolute Gasteiger partial charge is 0.225 e. The highest BCUT2D eigenvalue weighted by Crippen LogP contribution is 2.31. The van der Waals surface area contributed by atoms with Crippen LogP contribution in [0.3, 0.4) is 0 Å². The van der Waals surface area contributed by atoms with Crippen LogP contribution < -0.4 is 10.2 Å². The number of rotatable bonds is 5. The number of aryl methyl sites for hydroxylation is 1. The van der Waals surface area contributed by atoms with Gasteiger partial charge in [0, 0.05) is 36.3 Å². The van der Waals surface area contributed by atoms with Gasteiger partial charge in [0.1, 0.15) is 0 Å². The number of carbonyl (C=O) groups excluding carboxylic acids is 2. The number of halogens is 1. The summed E-state index contributed by atoms with van der Waals surface area (Å²) in [4.78, 5) is 25.9. The van der Waals surface area contributed by atoms with Gasteiger partial charge in [-0.2, -0.15) is 0 Å². The van der Waals surface area contributed by atoms with E-state index in [9.17, 15) is 18.0 Å². The van der Waals surface area contributed by atoms with Crippen LogP contribution in [0.15, 0.2) is 41.3 Å². The van der Waals surface area contributed by atoms with Crippen molar-refractivity contribution in [2.45, 2.75) is 43.8 Å². The maximum absolute atomic E-state index is 13.0. The van der Waals surface area contributed by atoms with E-state index in [1.165, 1.54) is 19.9 Å². The topological polar surface area (TPSA) is 83.6 Å². The highest BCUT2D eigenvalue weighted by Gasteiger charge is 2.29. The van der Waals surface area contributed by atoms with E-state index in [4.69, 9.17) is 11.6 Å². The number of anilines is 2. The molecule has 0 aliphatic carbocycles. The summed E-state index contributed by atoms with van der Waals surface area (Å²) in [5.41, 5.74) is 2.98. The summed E-state index contributed by atoms with van der Waals surface area (Å²) in [7, 11) is -3.69. The summed E-state index contributed by atoms with van der Waals surface area (Å²) < 4.78 is 25.9. The van der Waals surface area contributed by atoms with Gasteiger partial charge in [0.05, 0.1) is 10.1 Å². The number of hydrogen-bond donors (Lipinski definition) is 1. The minimum atomic E-state index is -3.69. The second-order valence-corrected chi connectivity index (χ2v) is 10.1. The Morgan fingerprint density at radius 3 is 2.62 bits per heavy atom. The van der Waals surface area contributed by atoms with Crippen molar-refractivity contribution in [1.82, 2.24) is 0 Å². The van der Waals surface area contributed by atoms with Gasteiger partial charge in [-0.1, -0.05) is 17.7 Å². The average molecular weight is 435 g/mol. The summed E-state index contributed by atoms with van der Waals surface area (Å²) in [6.45, 7) is 5.39. The van der Waals surface area contributed by atoms with E-state index in [1.54, 1.807) is 35.2 Å². The van der Waals surface area contributed by atoms with Crippen molar-refractivity contribution in [3.8, 4) is 0 Å². The molecule has 0 aromatic heterocycles. The number of benzene rings is 2. The number of nitrogens with zero attached hydrogens (tertiary/aromatic N) is 1. The van der Waals surface area contributed by atoms with Gasteiger partial charge < -0.3 is 10.2 Å². The van der Waals surface area contributed by atoms with E-state index in [0.29, 0.717) is 23.7 Å². The molecular weight excluding hydrogens is 412 g/mol. The van der Waals surface area contributed by atoms with Crippen molar-refractivity contribution in [3.05, 3.63) is 52.5 Å². The maximum atomic E-state index is 13.0. The molecule has 2 amide bonds. The van der Waals surface area contributed by atoms with E-state index in [-0.39, 0.29) is 17.2 Å². The summed E-state index contributed by atoms with van der Waals surface area (Å²) in [5.74, 6) is -0.462. The third kappa shape index (κ3) is 4.46. The Hall–Kier alpha value is -2.38. The lowest BCUT2D eigenvalue weighted by Gasteiger charge is -2.17. The van der Waals surface area contributed by atoms with Gasteiger partial charge in [0.25, 0.3) is 0 Å². The van der Waals surface area contributed by atoms with Crippen LogP contribution in [0.1, 0.15) is 31.4 Å². The summed E-state index contributed by atoms with van der Waals surface area (Å²) in [6.07, 6.45) is 0.437. The molecule has 8 heteroatoms. The molecule has 29 heavy (non-hydrogen) atoms. The predicted octanol–water partition coefficient (Wildman–Crippen LogP) is 3.75. The van der Waals surface area contributed by atoms with Crippen molar-refractivity contribution in [2.24, 2.45) is 0 Å². The number of carbonyl (C=O) groups is 2. The third-order valence-corrected chi connectivity index (χ3v) is 7.50. The fraction of sp³-hybridized carbons (Fsp3) is 0.333. The Bertz CT molecular complexity index is 1080. The van der Waals surface area contributed by atoms with Gasteiger partial charge >= 0.3 is 0 Å². The van der Waals surface area contributed by atoms with Crippen LogP contribution in [0.5, 0.6) is 0 Å². The molecular formula is C21H23ClN2O4S. The van der Waals surface area contributed by atoms with Crippen LogP contribution in [-0.4, -0.2) is 32.0 Å². The molecule has 1 atom stereocenters. The zero-order valence-corrected chi connectivity index (χ0v) is 18.1. The molecule has 0 fully saturated rings. The standard InChI is InChI=1S/C21H23ClN2O4S/c1-13-4-5-17(22)12-19(13)23-21(26)10-14(2)29(27,28)18-6-7-20-16(11-18)8-9-24(20)15(3)25/h4-7,11-12,14H,8-10H2,1-3H3,(H,23,26)/t14-/m1/s1. The first-order valence-corrected chi connectivity index (χ1v) is 11.2. The molecule has 0 bridgehead atoms. The van der Waals surface area contributed by atoms with E-state index < -0.39 is 21.0 Å². The third-order valence-electron chi connectivity index (χ3n) is 5.13. The molecule has 0 saturated heterocycles. The molecule has 1 heterocycles. The van der Waals surface area contributed by atoms with Crippen LogP contribution in [0.2, 0.25) is 5.02 Å². The minimum absolute atomic E-state index is 0.0688. The monoisotopic (exact) mass is 434 g/mol. The largest absolute Gasteiger partial charge is 0.326 e. The Kier molecular flexibility index (Phi) is 6.00. The molecule has 3 rings (SSSR count). The first-order valence-electron chi connectivity index (χ1n) is 9.30. The van der Waals surface area contributed by atoms with Gasteiger partial charge in [-0.3, -0.25) is 9.59 Å². The van der Waals surface area contributed by atoms with Crippen LogP contribution in [0, 0.1) is 6.92 Å². The van der Waals surface area contributed by atoms with E-state index in [1.807, 2.05) is 6.92 Å². The van der Waals surface area contributed by atoms with Crippen LogP contribution in [0.25, 0.3) is 0 Å². The SMILES string of the molecule is CC(=O)N1CCc2cc(S(=O)(=O)[C@H](C)CC(=O)Nc3cc(Cl)ccc3C)ccc21. The molecule has 2 aromatic carbocycles. The molecule has 1 aliphatic heterocycles. The van der Waals surface area contributed by atoms with Crippen molar-refractivity contribution in [3.63, 3.8) is 0 Å². The molecule has 1 aliphatic rings. The fourth-order valence-corrected chi connectivity index (χ4v) is 4.99. The van der Waals surface area contributed by atoms with Gasteiger partial charge in [0.15, 0.2) is 9.84 Å². The average Bonchev–Trinajstić information content (AvgIpc) is 3.08. The molecule has 0 spiro atoms. The van der Waals surface area contributed by atoms with Crippen molar-refractivity contribution in [1.29, 1.82) is 0 Å². The lowest BCUT2D eigenvalue weighted by atomic mass is 10.2. The summed E-state index contributed by atoms with van der Waals surface area (Å²) in [6, 6.07) is 9.93. The lowest BCUT2D eigenvalue weighted by Crippen LogP contribution is -2.26. The summed E-state index contributed by atoms with van der Waals surface area (Å²) in [5, 5.41) is 2.33. The number of sulfone groups is 1. The molecule has 0 radical (unpaired) electrons. The number of nitrogens with one attached hydrogen (secondary N) is 1. The van der Waals surface area contributed by atoms with Crippen LogP contribution >= 0.6 is 11.6 Å². The summed E-state index contributed by atoms with van der Waals surface area (Å²) >= 11 is 5.96. The van der Waals surface area contributed by atoms with Crippen molar-refractivity contribution < 1.29 is 18.0 Å². The maximum Gasteiger partial charge on any atom is 0.225 e. The van der Waals surface area contributed by atoms with Crippen LogP contribution in [-0.2, 0) is 25.8 Å². The lowest BCUT2D eigenvalue weighted by molar-refractivity contribution is -0.117. The second kappa shape index (κ2) is 8.16. The van der Waals surface area contributed by atoms with Gasteiger partial charge in [-0.05, 0) is 61.7 Å². The van der Waals surface area contributed by atoms with E-state index in [2.05, 4.69) is 5.32 Å². The molecule has 2 aromatic rings. The highest BCUT2D eigenvalue weighted by atomic mass is 35.5. The Balaban J connectivity index is 1.75. The van der Waals surface area contributed by atoms with Crippen LogP contribution in [0.4, 0.5) is 11.4 Å². The van der Waals surface area contributed by atoms with Gasteiger partial charge in [-0.25, -0.2) is 8.42 Å². The first-order chi connectivity index (χ1) is 13.6. The Morgan fingerprint density at radius 2 is 1.93 bits per heavy atom. The predicted molar refractivity (Wildman–Crippen MR) is 114 cm³/mol. The number of fused-ring (bicyclic) bond motifs is 1. The Labute approximate surface area is 175 Å². The molecule has 0 saturated carbocycles. The normalized spacial score (nSPS) is 14.4. The van der Waals surface area contributed by atoms with E-state index in [0.717, 1.165) is 16.8 Å².